The van der Waals surface area contributed by atoms with Crippen molar-refractivity contribution in [1.29, 1.82) is 0 Å². The molecule has 1 N–H and O–H groups in total. The fourth-order valence-electron chi connectivity index (χ4n) is 3.95. The lowest BCUT2D eigenvalue weighted by atomic mass is 10.0. The Morgan fingerprint density at radius 3 is 2.92 bits per heavy atom. The Labute approximate surface area is 154 Å². The van der Waals surface area contributed by atoms with E-state index in [1.807, 2.05) is 19.2 Å². The van der Waals surface area contributed by atoms with Gasteiger partial charge in [-0.25, -0.2) is 0 Å². The second kappa shape index (κ2) is 7.46. The van der Waals surface area contributed by atoms with Gasteiger partial charge in [0.2, 0.25) is 5.91 Å². The van der Waals surface area contributed by atoms with Crippen LogP contribution in [-0.4, -0.2) is 48.1 Å². The summed E-state index contributed by atoms with van der Waals surface area (Å²) in [5, 5.41) is 3.10. The first kappa shape index (κ1) is 17.0. The van der Waals surface area contributed by atoms with Gasteiger partial charge in [0.25, 0.3) is 0 Å². The minimum absolute atomic E-state index is 0.0000851. The Morgan fingerprint density at radius 1 is 1.27 bits per heavy atom. The second-order valence-corrected chi connectivity index (χ2v) is 7.21. The van der Waals surface area contributed by atoms with Crippen LogP contribution in [0, 0.1) is 0 Å². The van der Waals surface area contributed by atoms with Crippen molar-refractivity contribution in [1.82, 2.24) is 15.2 Å². The van der Waals surface area contributed by atoms with E-state index in [4.69, 9.17) is 4.74 Å². The van der Waals surface area contributed by atoms with Crippen LogP contribution in [0.5, 0.6) is 5.75 Å². The number of likely N-dealkylation sites (N-methyl/N-ethyl adjacent to an activating group) is 1. The number of rotatable bonds is 4. The number of nitrogens with zero attached hydrogens (tertiary/aromatic N) is 2. The first-order valence-electron chi connectivity index (χ1n) is 9.39. The molecule has 0 spiro atoms. The van der Waals surface area contributed by atoms with Gasteiger partial charge in [-0.3, -0.25) is 14.7 Å². The summed E-state index contributed by atoms with van der Waals surface area (Å²) in [5.74, 6) is 1.06. The minimum Gasteiger partial charge on any atom is -0.487 e. The summed E-state index contributed by atoms with van der Waals surface area (Å²) in [6, 6.07) is 10.2. The number of carbonyl (C=O) groups excluding carboxylic acids is 1. The van der Waals surface area contributed by atoms with Crippen molar-refractivity contribution < 1.29 is 9.53 Å². The second-order valence-electron chi connectivity index (χ2n) is 7.21. The lowest BCUT2D eigenvalue weighted by Gasteiger charge is -2.31. The Balaban J connectivity index is 1.41. The van der Waals surface area contributed by atoms with Gasteiger partial charge in [-0.1, -0.05) is 24.6 Å². The summed E-state index contributed by atoms with van der Waals surface area (Å²) in [4.78, 5) is 18.8. The molecule has 5 heteroatoms. The third-order valence-corrected chi connectivity index (χ3v) is 5.40. The highest BCUT2D eigenvalue weighted by atomic mass is 16.5. The molecule has 0 radical (unpaired) electrons. The van der Waals surface area contributed by atoms with E-state index in [-0.39, 0.29) is 18.1 Å². The maximum Gasteiger partial charge on any atom is 0.237 e. The Bertz CT molecular complexity index is 778. The molecule has 1 amide bonds. The zero-order chi connectivity index (χ0) is 17.9. The Hall–Kier alpha value is -2.40. The SMILES string of the molecule is CN1CCCCC1C(=O)NCC1Cc2cccc(-c3ccncc3)c2O1. The smallest absolute Gasteiger partial charge is 0.237 e. The molecule has 1 fully saturated rings. The van der Waals surface area contributed by atoms with Gasteiger partial charge >= 0.3 is 0 Å². The van der Waals surface area contributed by atoms with Crippen LogP contribution in [0.2, 0.25) is 0 Å². The minimum atomic E-state index is -0.00849. The fraction of sp³-hybridized carbons (Fsp3) is 0.429. The molecule has 2 unspecified atom stereocenters. The van der Waals surface area contributed by atoms with E-state index in [2.05, 4.69) is 33.4 Å². The Morgan fingerprint density at radius 2 is 2.12 bits per heavy atom. The van der Waals surface area contributed by atoms with Gasteiger partial charge in [0.1, 0.15) is 11.9 Å². The normalized spacial score (nSPS) is 22.5. The molecule has 2 aromatic rings. The third-order valence-electron chi connectivity index (χ3n) is 5.40. The quantitative estimate of drug-likeness (QED) is 0.920. The molecule has 2 aliphatic heterocycles. The molecule has 2 aliphatic rings. The van der Waals surface area contributed by atoms with Crippen molar-refractivity contribution in [2.75, 3.05) is 20.1 Å². The van der Waals surface area contributed by atoms with Crippen molar-refractivity contribution in [2.24, 2.45) is 0 Å². The summed E-state index contributed by atoms with van der Waals surface area (Å²) in [5.41, 5.74) is 3.39. The largest absolute Gasteiger partial charge is 0.487 e. The standard InChI is InChI=1S/C21H25N3O2/c1-24-12-3-2-7-19(24)21(25)23-14-17-13-16-5-4-6-18(20(16)26-17)15-8-10-22-11-9-15/h4-6,8-11,17,19H,2-3,7,12-14H2,1H3,(H,23,25). The van der Waals surface area contributed by atoms with Gasteiger partial charge in [0, 0.05) is 24.4 Å². The average molecular weight is 351 g/mol. The van der Waals surface area contributed by atoms with E-state index in [0.29, 0.717) is 6.54 Å². The number of carbonyl (C=O) groups is 1. The average Bonchev–Trinajstić information content (AvgIpc) is 3.10. The van der Waals surface area contributed by atoms with E-state index in [9.17, 15) is 4.79 Å². The highest BCUT2D eigenvalue weighted by molar-refractivity contribution is 5.81. The van der Waals surface area contributed by atoms with Gasteiger partial charge in [-0.2, -0.15) is 0 Å². The molecule has 2 atom stereocenters. The molecule has 1 aromatic carbocycles. The van der Waals surface area contributed by atoms with E-state index < -0.39 is 0 Å². The van der Waals surface area contributed by atoms with Crippen LogP contribution in [0.25, 0.3) is 11.1 Å². The molecule has 0 bridgehead atoms. The summed E-state index contributed by atoms with van der Waals surface area (Å²) in [7, 11) is 2.03. The van der Waals surface area contributed by atoms with E-state index in [1.165, 1.54) is 12.0 Å². The Kier molecular flexibility index (Phi) is 4.89. The number of benzene rings is 1. The number of hydrogen-bond donors (Lipinski definition) is 1. The highest BCUT2D eigenvalue weighted by Crippen LogP contribution is 2.38. The topological polar surface area (TPSA) is 54.5 Å². The van der Waals surface area contributed by atoms with Gasteiger partial charge in [0.05, 0.1) is 12.6 Å². The van der Waals surface area contributed by atoms with Crippen LogP contribution in [0.3, 0.4) is 0 Å². The molecular formula is C21H25N3O2. The van der Waals surface area contributed by atoms with E-state index in [0.717, 1.165) is 42.7 Å². The van der Waals surface area contributed by atoms with Crippen molar-refractivity contribution in [3.8, 4) is 16.9 Å². The number of aromatic nitrogens is 1. The lowest BCUT2D eigenvalue weighted by molar-refractivity contribution is -0.127. The van der Waals surface area contributed by atoms with Gasteiger partial charge in [-0.15, -0.1) is 0 Å². The number of likely N-dealkylation sites (tertiary alicyclic amines) is 1. The summed E-state index contributed by atoms with van der Waals surface area (Å²) in [6.07, 6.45) is 7.66. The maximum atomic E-state index is 12.5. The van der Waals surface area contributed by atoms with Gasteiger partial charge < -0.3 is 10.1 Å². The predicted octanol–water partition coefficient (Wildman–Crippen LogP) is 2.65. The number of fused-ring (bicyclic) bond motifs is 1. The van der Waals surface area contributed by atoms with Crippen LogP contribution < -0.4 is 10.1 Å². The molecule has 0 saturated carbocycles. The van der Waals surface area contributed by atoms with Crippen molar-refractivity contribution in [3.05, 3.63) is 48.3 Å². The molecule has 1 aromatic heterocycles. The van der Waals surface area contributed by atoms with Crippen LogP contribution in [0.4, 0.5) is 0 Å². The van der Waals surface area contributed by atoms with Crippen molar-refractivity contribution >= 4 is 5.91 Å². The molecule has 3 heterocycles. The molecule has 5 nitrogen and oxygen atoms in total. The van der Waals surface area contributed by atoms with E-state index in [1.54, 1.807) is 12.4 Å². The number of pyridine rings is 1. The summed E-state index contributed by atoms with van der Waals surface area (Å²) < 4.78 is 6.21. The van der Waals surface area contributed by atoms with Gasteiger partial charge in [0.15, 0.2) is 0 Å². The number of amides is 1. The third kappa shape index (κ3) is 3.44. The number of hydrogen-bond acceptors (Lipinski definition) is 4. The first-order chi connectivity index (χ1) is 12.7. The van der Waals surface area contributed by atoms with Crippen LogP contribution >= 0.6 is 0 Å². The van der Waals surface area contributed by atoms with Crippen molar-refractivity contribution in [3.63, 3.8) is 0 Å². The monoisotopic (exact) mass is 351 g/mol. The first-order valence-corrected chi connectivity index (χ1v) is 9.39. The molecule has 1 saturated heterocycles. The van der Waals surface area contributed by atoms with Crippen LogP contribution in [0.1, 0.15) is 24.8 Å². The maximum absolute atomic E-state index is 12.5. The van der Waals surface area contributed by atoms with Gasteiger partial charge in [-0.05, 0) is 49.7 Å². The molecule has 0 aliphatic carbocycles. The summed E-state index contributed by atoms with van der Waals surface area (Å²) in [6.45, 7) is 1.55. The van der Waals surface area contributed by atoms with Crippen LogP contribution in [-0.2, 0) is 11.2 Å². The number of piperidine rings is 1. The molecule has 136 valence electrons. The van der Waals surface area contributed by atoms with Crippen molar-refractivity contribution in [2.45, 2.75) is 37.8 Å². The fourth-order valence-corrected chi connectivity index (χ4v) is 3.95. The molecule has 4 rings (SSSR count). The number of ether oxygens (including phenoxy) is 1. The lowest BCUT2D eigenvalue weighted by Crippen LogP contribution is -2.49. The number of nitrogens with one attached hydrogen (secondary N) is 1. The highest BCUT2D eigenvalue weighted by Gasteiger charge is 2.29. The van der Waals surface area contributed by atoms with Crippen LogP contribution in [0.15, 0.2) is 42.7 Å². The summed E-state index contributed by atoms with van der Waals surface area (Å²) >= 11 is 0. The molecular weight excluding hydrogens is 326 g/mol. The zero-order valence-electron chi connectivity index (χ0n) is 15.1. The predicted molar refractivity (Wildman–Crippen MR) is 101 cm³/mol. The number of para-hydroxylation sites is 1. The van der Waals surface area contributed by atoms with E-state index >= 15 is 0 Å². The zero-order valence-corrected chi connectivity index (χ0v) is 15.1. The molecule has 26 heavy (non-hydrogen) atoms.